The number of pyridine rings is 1. The van der Waals surface area contributed by atoms with E-state index in [4.69, 9.17) is 11.6 Å². The molecule has 0 fully saturated rings. The highest BCUT2D eigenvalue weighted by Gasteiger charge is 2.16. The summed E-state index contributed by atoms with van der Waals surface area (Å²) in [5, 5.41) is 3.10. The van der Waals surface area contributed by atoms with Crippen molar-refractivity contribution in [2.75, 3.05) is 11.6 Å². The van der Waals surface area contributed by atoms with Crippen LogP contribution >= 0.6 is 11.6 Å². The van der Waals surface area contributed by atoms with Crippen molar-refractivity contribution < 1.29 is 8.42 Å². The van der Waals surface area contributed by atoms with E-state index in [2.05, 4.69) is 10.3 Å². The summed E-state index contributed by atoms with van der Waals surface area (Å²) >= 11 is 5.89. The molecule has 4 nitrogen and oxygen atoms in total. The Morgan fingerprint density at radius 3 is 2.65 bits per heavy atom. The summed E-state index contributed by atoms with van der Waals surface area (Å²) in [6.07, 6.45) is 3.47. The zero-order valence-electron chi connectivity index (χ0n) is 10.1. The van der Waals surface area contributed by atoms with Crippen LogP contribution in [0, 0.1) is 0 Å². The summed E-state index contributed by atoms with van der Waals surface area (Å²) in [7, 11) is -3.27. The minimum absolute atomic E-state index is 0.0305. The van der Waals surface area contributed by atoms with Crippen molar-refractivity contribution in [3.63, 3.8) is 0 Å². The molecule has 1 N–H and O–H groups in total. The monoisotopic (exact) mass is 276 g/mol. The predicted molar refractivity (Wildman–Crippen MR) is 70.4 cm³/mol. The number of aromatic nitrogens is 1. The average molecular weight is 277 g/mol. The molecule has 0 saturated carbocycles. The van der Waals surface area contributed by atoms with E-state index in [1.807, 2.05) is 13.8 Å². The first-order chi connectivity index (χ1) is 7.80. The normalized spacial score (nSPS) is 15.3. The number of hydrogen-bond donors (Lipinski definition) is 1. The molecule has 0 spiro atoms. The minimum Gasteiger partial charge on any atom is -0.366 e. The van der Waals surface area contributed by atoms with Gasteiger partial charge in [0.2, 0.25) is 0 Å². The van der Waals surface area contributed by atoms with Gasteiger partial charge in [-0.15, -0.1) is 11.6 Å². The maximum atomic E-state index is 11.6. The third-order valence-electron chi connectivity index (χ3n) is 2.23. The molecule has 0 aromatic carbocycles. The molecule has 1 heterocycles. The molecule has 6 heteroatoms. The number of alkyl halides is 1. The van der Waals surface area contributed by atoms with E-state index in [0.29, 0.717) is 5.82 Å². The van der Waals surface area contributed by atoms with E-state index in [1.165, 1.54) is 6.26 Å². The number of hydrogen-bond acceptors (Lipinski definition) is 4. The van der Waals surface area contributed by atoms with E-state index in [9.17, 15) is 8.42 Å². The van der Waals surface area contributed by atoms with Crippen LogP contribution in [0.3, 0.4) is 0 Å². The standard InChI is InChI=1S/C11H17ClN2O2S/c1-8(12)7-9(2)14-11-10(17(3,15)16)5-4-6-13-11/h4-6,8-9H,7H2,1-3H3,(H,13,14). The van der Waals surface area contributed by atoms with Crippen LogP contribution in [0.4, 0.5) is 5.82 Å². The topological polar surface area (TPSA) is 59.1 Å². The lowest BCUT2D eigenvalue weighted by atomic mass is 10.2. The first-order valence-electron chi connectivity index (χ1n) is 5.36. The van der Waals surface area contributed by atoms with Gasteiger partial charge >= 0.3 is 0 Å². The predicted octanol–water partition coefficient (Wildman–Crippen LogP) is 2.30. The van der Waals surface area contributed by atoms with Gasteiger partial charge in [-0.3, -0.25) is 0 Å². The molecular formula is C11H17ClN2O2S. The van der Waals surface area contributed by atoms with Crippen molar-refractivity contribution in [3.8, 4) is 0 Å². The van der Waals surface area contributed by atoms with Gasteiger partial charge in [-0.25, -0.2) is 13.4 Å². The highest BCUT2D eigenvalue weighted by Crippen LogP contribution is 2.19. The summed E-state index contributed by atoms with van der Waals surface area (Å²) in [6.45, 7) is 3.84. The third-order valence-corrected chi connectivity index (χ3v) is 3.54. The Hall–Kier alpha value is -0.810. The summed E-state index contributed by atoms with van der Waals surface area (Å²) < 4.78 is 23.1. The lowest BCUT2D eigenvalue weighted by molar-refractivity contribution is 0.601. The van der Waals surface area contributed by atoms with Gasteiger partial charge in [0.15, 0.2) is 9.84 Å². The smallest absolute Gasteiger partial charge is 0.179 e. The molecule has 17 heavy (non-hydrogen) atoms. The number of anilines is 1. The second-order valence-corrected chi connectivity index (χ2v) is 6.91. The van der Waals surface area contributed by atoms with Gasteiger partial charge in [0, 0.05) is 23.9 Å². The Morgan fingerprint density at radius 2 is 2.12 bits per heavy atom. The highest BCUT2D eigenvalue weighted by molar-refractivity contribution is 7.90. The van der Waals surface area contributed by atoms with Gasteiger partial charge < -0.3 is 5.32 Å². The Morgan fingerprint density at radius 1 is 1.47 bits per heavy atom. The molecule has 1 aromatic rings. The largest absolute Gasteiger partial charge is 0.366 e. The lowest BCUT2D eigenvalue weighted by Crippen LogP contribution is -2.20. The SMILES string of the molecule is CC(Cl)CC(C)Nc1ncccc1S(C)(=O)=O. The van der Waals surface area contributed by atoms with Gasteiger partial charge in [-0.1, -0.05) is 0 Å². The molecule has 0 aliphatic heterocycles. The van der Waals surface area contributed by atoms with Crippen molar-refractivity contribution >= 4 is 27.3 Å². The molecule has 0 radical (unpaired) electrons. The molecule has 2 unspecified atom stereocenters. The Bertz CT molecular complexity index is 474. The Labute approximate surface area is 107 Å². The van der Waals surface area contributed by atoms with E-state index < -0.39 is 9.84 Å². The van der Waals surface area contributed by atoms with Crippen LogP contribution < -0.4 is 5.32 Å². The number of nitrogens with zero attached hydrogens (tertiary/aromatic N) is 1. The third kappa shape index (κ3) is 4.52. The lowest BCUT2D eigenvalue weighted by Gasteiger charge is -2.17. The summed E-state index contributed by atoms with van der Waals surface area (Å²) in [5.41, 5.74) is 0. The number of rotatable bonds is 5. The summed E-state index contributed by atoms with van der Waals surface area (Å²) in [4.78, 5) is 4.28. The molecule has 2 atom stereocenters. The van der Waals surface area contributed by atoms with Crippen molar-refractivity contribution in [3.05, 3.63) is 18.3 Å². The fraction of sp³-hybridized carbons (Fsp3) is 0.545. The Balaban J connectivity index is 2.92. The van der Waals surface area contributed by atoms with Crippen LogP contribution in [-0.4, -0.2) is 31.1 Å². The fourth-order valence-corrected chi connectivity index (χ4v) is 2.63. The van der Waals surface area contributed by atoms with Gasteiger partial charge in [-0.05, 0) is 32.4 Å². The molecule has 0 aliphatic carbocycles. The van der Waals surface area contributed by atoms with Gasteiger partial charge in [0.1, 0.15) is 10.7 Å². The van der Waals surface area contributed by atoms with E-state index in [-0.39, 0.29) is 16.3 Å². The van der Waals surface area contributed by atoms with Crippen molar-refractivity contribution in [2.45, 2.75) is 36.6 Å². The van der Waals surface area contributed by atoms with Crippen LogP contribution in [0.5, 0.6) is 0 Å². The first kappa shape index (κ1) is 14.3. The van der Waals surface area contributed by atoms with Crippen molar-refractivity contribution in [1.29, 1.82) is 0 Å². The van der Waals surface area contributed by atoms with E-state index in [0.717, 1.165) is 6.42 Å². The first-order valence-corrected chi connectivity index (χ1v) is 7.69. The molecule has 1 rings (SSSR count). The van der Waals surface area contributed by atoms with Crippen LogP contribution in [0.25, 0.3) is 0 Å². The summed E-state index contributed by atoms with van der Waals surface area (Å²) in [6, 6.07) is 3.22. The van der Waals surface area contributed by atoms with Gasteiger partial charge in [0.25, 0.3) is 0 Å². The Kier molecular flexibility index (Phi) is 4.77. The zero-order valence-corrected chi connectivity index (χ0v) is 11.7. The summed E-state index contributed by atoms with van der Waals surface area (Å²) in [5.74, 6) is 0.389. The fourth-order valence-electron chi connectivity index (χ4n) is 1.58. The maximum absolute atomic E-state index is 11.6. The minimum atomic E-state index is -3.27. The molecule has 0 bridgehead atoms. The van der Waals surface area contributed by atoms with Gasteiger partial charge in [-0.2, -0.15) is 0 Å². The van der Waals surface area contributed by atoms with Gasteiger partial charge in [0.05, 0.1) is 0 Å². The van der Waals surface area contributed by atoms with Crippen LogP contribution in [0.1, 0.15) is 20.3 Å². The zero-order chi connectivity index (χ0) is 13.1. The van der Waals surface area contributed by atoms with Crippen LogP contribution in [0.2, 0.25) is 0 Å². The number of sulfone groups is 1. The van der Waals surface area contributed by atoms with Crippen LogP contribution in [-0.2, 0) is 9.84 Å². The second-order valence-electron chi connectivity index (χ2n) is 4.18. The van der Waals surface area contributed by atoms with Crippen molar-refractivity contribution in [2.24, 2.45) is 0 Å². The molecule has 0 aliphatic rings. The van der Waals surface area contributed by atoms with E-state index >= 15 is 0 Å². The quantitative estimate of drug-likeness (QED) is 0.839. The van der Waals surface area contributed by atoms with E-state index in [1.54, 1.807) is 18.3 Å². The second kappa shape index (κ2) is 5.69. The van der Waals surface area contributed by atoms with Crippen LogP contribution in [0.15, 0.2) is 23.2 Å². The molecule has 0 amide bonds. The molecule has 0 saturated heterocycles. The number of nitrogens with one attached hydrogen (secondary N) is 1. The molecule has 1 aromatic heterocycles. The maximum Gasteiger partial charge on any atom is 0.179 e. The number of halogens is 1. The molecular weight excluding hydrogens is 260 g/mol. The highest BCUT2D eigenvalue weighted by atomic mass is 35.5. The average Bonchev–Trinajstić information content (AvgIpc) is 2.15. The van der Waals surface area contributed by atoms with Crippen molar-refractivity contribution in [1.82, 2.24) is 4.98 Å². The molecule has 96 valence electrons.